The van der Waals surface area contributed by atoms with Crippen molar-refractivity contribution in [1.82, 2.24) is 29.2 Å². The lowest BCUT2D eigenvalue weighted by Gasteiger charge is -2.35. The first kappa shape index (κ1) is 16.2. The van der Waals surface area contributed by atoms with Crippen molar-refractivity contribution in [2.24, 2.45) is 5.92 Å². The molecule has 0 aromatic carbocycles. The summed E-state index contributed by atoms with van der Waals surface area (Å²) in [6.45, 7) is 9.99. The van der Waals surface area contributed by atoms with Crippen molar-refractivity contribution in [3.8, 4) is 0 Å². The number of fused-ring (bicyclic) bond motifs is 1. The van der Waals surface area contributed by atoms with Crippen LogP contribution in [0.5, 0.6) is 0 Å². The molecule has 1 fully saturated rings. The summed E-state index contributed by atoms with van der Waals surface area (Å²) in [6, 6.07) is 0. The quantitative estimate of drug-likeness (QED) is 0.833. The van der Waals surface area contributed by atoms with E-state index in [0.717, 1.165) is 26.2 Å². The summed E-state index contributed by atoms with van der Waals surface area (Å²) in [7, 11) is 2.22. The van der Waals surface area contributed by atoms with Crippen LogP contribution in [0.2, 0.25) is 0 Å². The first-order chi connectivity index (χ1) is 11.8. The van der Waals surface area contributed by atoms with Gasteiger partial charge in [-0.05, 0) is 7.05 Å². The Labute approximate surface area is 147 Å². The van der Waals surface area contributed by atoms with Crippen LogP contribution in [-0.4, -0.2) is 75.6 Å². The number of thiazole rings is 1. The number of rotatable bonds is 4. The van der Waals surface area contributed by atoms with Gasteiger partial charge in [0, 0.05) is 75.7 Å². The fraction of sp³-hybridized carbons (Fsp3) is 0.647. The molecule has 0 aliphatic carbocycles. The number of imidazole rings is 1. The number of hydrogen-bond acceptors (Lipinski definition) is 6. The van der Waals surface area contributed by atoms with Gasteiger partial charge in [0.05, 0.1) is 13.1 Å². The molecular formula is C17H26N6S. The van der Waals surface area contributed by atoms with Crippen LogP contribution in [0.4, 0.5) is 0 Å². The topological polar surface area (TPSA) is 40.4 Å². The molecule has 2 aromatic rings. The fourth-order valence-electron chi connectivity index (χ4n) is 3.78. The molecule has 4 heterocycles. The summed E-state index contributed by atoms with van der Waals surface area (Å²) in [6.07, 6.45) is 5.98. The second-order valence-electron chi connectivity index (χ2n) is 7.06. The van der Waals surface area contributed by atoms with Gasteiger partial charge in [0.2, 0.25) is 0 Å². The Balaban J connectivity index is 1.45. The highest BCUT2D eigenvalue weighted by Gasteiger charge is 2.25. The van der Waals surface area contributed by atoms with Gasteiger partial charge in [0.15, 0.2) is 0 Å². The monoisotopic (exact) mass is 346 g/mol. The molecular weight excluding hydrogens is 320 g/mol. The molecule has 4 rings (SSSR count). The van der Waals surface area contributed by atoms with Crippen LogP contribution in [-0.2, 0) is 19.6 Å². The van der Waals surface area contributed by atoms with Crippen LogP contribution in [0.15, 0.2) is 24.0 Å². The second kappa shape index (κ2) is 7.31. The molecule has 0 saturated carbocycles. The van der Waals surface area contributed by atoms with Crippen molar-refractivity contribution in [2.75, 3.05) is 46.3 Å². The molecule has 0 bridgehead atoms. The van der Waals surface area contributed by atoms with E-state index in [-0.39, 0.29) is 0 Å². The highest BCUT2D eigenvalue weighted by atomic mass is 32.1. The molecule has 0 unspecified atom stereocenters. The Morgan fingerprint density at radius 1 is 1.08 bits per heavy atom. The van der Waals surface area contributed by atoms with Gasteiger partial charge in [-0.3, -0.25) is 4.90 Å². The Morgan fingerprint density at radius 2 is 1.96 bits per heavy atom. The van der Waals surface area contributed by atoms with E-state index in [1.165, 1.54) is 43.6 Å². The van der Waals surface area contributed by atoms with Crippen molar-refractivity contribution in [2.45, 2.75) is 19.6 Å². The summed E-state index contributed by atoms with van der Waals surface area (Å²) < 4.78 is 2.35. The Hall–Kier alpha value is -1.28. The first-order valence-electron chi connectivity index (χ1n) is 8.78. The van der Waals surface area contributed by atoms with Crippen LogP contribution >= 0.6 is 11.3 Å². The van der Waals surface area contributed by atoms with E-state index in [0.29, 0.717) is 5.92 Å². The number of likely N-dealkylation sites (N-methyl/N-ethyl adjacent to an activating group) is 1. The average Bonchev–Trinajstić information content (AvgIpc) is 3.19. The predicted molar refractivity (Wildman–Crippen MR) is 95.9 cm³/mol. The molecule has 2 aliphatic rings. The lowest BCUT2D eigenvalue weighted by Crippen LogP contribution is -2.47. The summed E-state index contributed by atoms with van der Waals surface area (Å²) >= 11 is 1.75. The van der Waals surface area contributed by atoms with E-state index in [1.807, 2.05) is 12.4 Å². The van der Waals surface area contributed by atoms with Crippen LogP contribution in [0, 0.1) is 5.92 Å². The Kier molecular flexibility index (Phi) is 4.93. The predicted octanol–water partition coefficient (Wildman–Crippen LogP) is 1.22. The Morgan fingerprint density at radius 3 is 2.75 bits per heavy atom. The molecule has 1 saturated heterocycles. The standard InChI is InChI=1S/C17H26N6S/c1-20-5-7-21(8-6-20)10-15-11-22(14-17-19-3-9-24-17)13-16-18-2-4-23(16)12-15/h2-4,9,15H,5-8,10-14H2,1H3/t15-/m1/s1. The summed E-state index contributed by atoms with van der Waals surface area (Å²) in [4.78, 5) is 16.6. The van der Waals surface area contributed by atoms with E-state index in [2.05, 4.69) is 47.9 Å². The molecule has 130 valence electrons. The van der Waals surface area contributed by atoms with E-state index in [9.17, 15) is 0 Å². The highest BCUT2D eigenvalue weighted by molar-refractivity contribution is 7.09. The molecule has 0 radical (unpaired) electrons. The van der Waals surface area contributed by atoms with Gasteiger partial charge in [-0.2, -0.15) is 0 Å². The molecule has 24 heavy (non-hydrogen) atoms. The maximum atomic E-state index is 4.57. The molecule has 0 amide bonds. The SMILES string of the molecule is CN1CCN(C[C@@H]2CN(Cc3nccs3)Cc3nccn3C2)CC1. The normalized spacial score (nSPS) is 24.0. The molecule has 0 N–H and O–H groups in total. The number of nitrogens with zero attached hydrogens (tertiary/aromatic N) is 6. The largest absolute Gasteiger partial charge is 0.333 e. The van der Waals surface area contributed by atoms with Crippen LogP contribution in [0.3, 0.4) is 0 Å². The first-order valence-corrected chi connectivity index (χ1v) is 9.66. The van der Waals surface area contributed by atoms with Crippen LogP contribution in [0.25, 0.3) is 0 Å². The highest BCUT2D eigenvalue weighted by Crippen LogP contribution is 2.20. The van der Waals surface area contributed by atoms with Gasteiger partial charge in [0.25, 0.3) is 0 Å². The van der Waals surface area contributed by atoms with Gasteiger partial charge in [-0.1, -0.05) is 0 Å². The van der Waals surface area contributed by atoms with E-state index in [4.69, 9.17) is 0 Å². The summed E-state index contributed by atoms with van der Waals surface area (Å²) in [5.41, 5.74) is 0. The number of piperazine rings is 1. The van der Waals surface area contributed by atoms with Crippen molar-refractivity contribution in [3.63, 3.8) is 0 Å². The second-order valence-corrected chi connectivity index (χ2v) is 8.04. The Bertz CT molecular complexity index is 631. The lowest BCUT2D eigenvalue weighted by atomic mass is 10.1. The van der Waals surface area contributed by atoms with Gasteiger partial charge >= 0.3 is 0 Å². The van der Waals surface area contributed by atoms with Crippen LogP contribution < -0.4 is 0 Å². The van der Waals surface area contributed by atoms with Crippen molar-refractivity contribution in [3.05, 3.63) is 34.8 Å². The third kappa shape index (κ3) is 3.85. The molecule has 2 aromatic heterocycles. The zero-order valence-electron chi connectivity index (χ0n) is 14.3. The summed E-state index contributed by atoms with van der Waals surface area (Å²) in [5.74, 6) is 1.83. The van der Waals surface area contributed by atoms with Gasteiger partial charge in [-0.25, -0.2) is 9.97 Å². The van der Waals surface area contributed by atoms with Crippen molar-refractivity contribution < 1.29 is 0 Å². The smallest absolute Gasteiger partial charge is 0.122 e. The van der Waals surface area contributed by atoms with Crippen molar-refractivity contribution >= 4 is 11.3 Å². The fourth-order valence-corrected chi connectivity index (χ4v) is 4.44. The molecule has 0 spiro atoms. The van der Waals surface area contributed by atoms with E-state index >= 15 is 0 Å². The van der Waals surface area contributed by atoms with Gasteiger partial charge in [-0.15, -0.1) is 11.3 Å². The van der Waals surface area contributed by atoms with E-state index in [1.54, 1.807) is 11.3 Å². The lowest BCUT2D eigenvalue weighted by molar-refractivity contribution is 0.116. The number of aromatic nitrogens is 3. The average molecular weight is 347 g/mol. The minimum absolute atomic E-state index is 0.642. The molecule has 7 heteroatoms. The zero-order chi connectivity index (χ0) is 16.4. The zero-order valence-corrected chi connectivity index (χ0v) is 15.2. The summed E-state index contributed by atoms with van der Waals surface area (Å²) in [5, 5.41) is 3.27. The maximum absolute atomic E-state index is 4.57. The van der Waals surface area contributed by atoms with Crippen LogP contribution in [0.1, 0.15) is 10.8 Å². The molecule has 6 nitrogen and oxygen atoms in total. The van der Waals surface area contributed by atoms with Gasteiger partial charge < -0.3 is 14.4 Å². The molecule has 2 aliphatic heterocycles. The third-order valence-electron chi connectivity index (χ3n) is 5.09. The number of hydrogen-bond donors (Lipinski definition) is 0. The van der Waals surface area contributed by atoms with E-state index < -0.39 is 0 Å². The van der Waals surface area contributed by atoms with Crippen molar-refractivity contribution in [1.29, 1.82) is 0 Å². The minimum Gasteiger partial charge on any atom is -0.333 e. The maximum Gasteiger partial charge on any atom is 0.122 e. The minimum atomic E-state index is 0.642. The van der Waals surface area contributed by atoms with Gasteiger partial charge in [0.1, 0.15) is 10.8 Å². The third-order valence-corrected chi connectivity index (χ3v) is 5.86. The molecule has 1 atom stereocenters.